The van der Waals surface area contributed by atoms with Gasteiger partial charge in [0.05, 0.1) is 10.0 Å². The van der Waals surface area contributed by atoms with Crippen LogP contribution in [0.1, 0.15) is 24.4 Å². The maximum absolute atomic E-state index is 13.3. The lowest BCUT2D eigenvalue weighted by Gasteiger charge is -2.16. The van der Waals surface area contributed by atoms with E-state index in [2.05, 4.69) is 26.1 Å². The highest BCUT2D eigenvalue weighted by atomic mass is 79.9. The minimum absolute atomic E-state index is 0.0351. The molecule has 2 aromatic carbocycles. The lowest BCUT2D eigenvalue weighted by atomic mass is 10.1. The number of rotatable bonds is 4. The molecule has 0 aliphatic carbocycles. The third-order valence-corrected chi connectivity index (χ3v) is 4.62. The summed E-state index contributed by atoms with van der Waals surface area (Å²) < 4.78 is 47.9. The van der Waals surface area contributed by atoms with E-state index in [1.165, 1.54) is 22.8 Å². The van der Waals surface area contributed by atoms with Crippen molar-refractivity contribution >= 4 is 21.6 Å². The third-order valence-electron chi connectivity index (χ3n) is 4.01. The molecular weight excluding hydrogens is 425 g/mol. The highest BCUT2D eigenvalue weighted by Gasteiger charge is 2.34. The van der Waals surface area contributed by atoms with Crippen molar-refractivity contribution in [3.8, 4) is 17.1 Å². The molecule has 1 aromatic heterocycles. The number of nitrogen functional groups attached to an aromatic ring is 1. The zero-order chi connectivity index (χ0) is 19.8. The van der Waals surface area contributed by atoms with E-state index in [4.69, 9.17) is 10.5 Å². The second kappa shape index (κ2) is 7.22. The fourth-order valence-corrected chi connectivity index (χ4v) is 3.20. The van der Waals surface area contributed by atoms with Crippen LogP contribution in [0.4, 0.5) is 18.9 Å². The maximum Gasteiger partial charge on any atom is 0.417 e. The number of aromatic nitrogens is 3. The number of halogens is 4. The summed E-state index contributed by atoms with van der Waals surface area (Å²) in [6.45, 7) is 1.74. The van der Waals surface area contributed by atoms with E-state index in [0.29, 0.717) is 21.7 Å². The molecule has 0 unspecified atom stereocenters. The molecule has 142 valence electrons. The Morgan fingerprint density at radius 1 is 1.15 bits per heavy atom. The smallest absolute Gasteiger partial charge is 0.417 e. The van der Waals surface area contributed by atoms with Crippen LogP contribution in [0.3, 0.4) is 0 Å². The maximum atomic E-state index is 13.3. The van der Waals surface area contributed by atoms with Gasteiger partial charge in [-0.05, 0) is 47.1 Å². The largest absolute Gasteiger partial charge is 0.482 e. The van der Waals surface area contributed by atoms with Gasteiger partial charge in [-0.2, -0.15) is 13.2 Å². The highest BCUT2D eigenvalue weighted by Crippen LogP contribution is 2.37. The van der Waals surface area contributed by atoms with Gasteiger partial charge >= 0.3 is 6.18 Å². The number of alkyl halides is 3. The number of anilines is 1. The summed E-state index contributed by atoms with van der Waals surface area (Å²) in [6.07, 6.45) is -5.03. The SMILES string of the molecule is C[C@H](Oc1ccc(N)cc1Br)c1nnc(-c2ccccc2C(F)(F)F)n1C. The topological polar surface area (TPSA) is 66.0 Å². The lowest BCUT2D eigenvalue weighted by molar-refractivity contribution is -0.137. The summed E-state index contributed by atoms with van der Waals surface area (Å²) in [4.78, 5) is 0. The first-order chi connectivity index (χ1) is 12.7. The van der Waals surface area contributed by atoms with Crippen LogP contribution in [0.5, 0.6) is 5.75 Å². The molecule has 1 heterocycles. The molecule has 0 fully saturated rings. The number of benzene rings is 2. The average molecular weight is 441 g/mol. The van der Waals surface area contributed by atoms with Gasteiger partial charge in [0.25, 0.3) is 0 Å². The number of hydrogen-bond acceptors (Lipinski definition) is 4. The zero-order valence-corrected chi connectivity index (χ0v) is 16.0. The first-order valence-corrected chi connectivity index (χ1v) is 8.75. The van der Waals surface area contributed by atoms with Gasteiger partial charge in [0, 0.05) is 18.3 Å². The van der Waals surface area contributed by atoms with Crippen molar-refractivity contribution in [2.45, 2.75) is 19.2 Å². The molecule has 0 amide bonds. The summed E-state index contributed by atoms with van der Waals surface area (Å²) in [5.74, 6) is 1.05. The van der Waals surface area contributed by atoms with Crippen LogP contribution in [0.2, 0.25) is 0 Å². The lowest BCUT2D eigenvalue weighted by Crippen LogP contribution is -2.12. The first-order valence-electron chi connectivity index (χ1n) is 7.96. The predicted molar refractivity (Wildman–Crippen MR) is 99.0 cm³/mol. The van der Waals surface area contributed by atoms with Crippen molar-refractivity contribution in [3.63, 3.8) is 0 Å². The molecule has 3 aromatic rings. The number of nitrogens with zero attached hydrogens (tertiary/aromatic N) is 3. The minimum atomic E-state index is -4.49. The van der Waals surface area contributed by atoms with Crippen LogP contribution in [-0.4, -0.2) is 14.8 Å². The molecule has 0 aliphatic heterocycles. The fourth-order valence-electron chi connectivity index (χ4n) is 2.71. The van der Waals surface area contributed by atoms with Crippen LogP contribution in [0.25, 0.3) is 11.4 Å². The van der Waals surface area contributed by atoms with E-state index in [0.717, 1.165) is 6.07 Å². The summed E-state index contributed by atoms with van der Waals surface area (Å²) >= 11 is 3.37. The van der Waals surface area contributed by atoms with Crippen LogP contribution in [0.15, 0.2) is 46.9 Å². The monoisotopic (exact) mass is 440 g/mol. The predicted octanol–water partition coefficient (Wildman–Crippen LogP) is 4.99. The summed E-state index contributed by atoms with van der Waals surface area (Å²) in [7, 11) is 1.61. The van der Waals surface area contributed by atoms with Crippen molar-refractivity contribution in [2.24, 2.45) is 7.05 Å². The molecule has 2 N–H and O–H groups in total. The van der Waals surface area contributed by atoms with Gasteiger partial charge in [-0.15, -0.1) is 10.2 Å². The van der Waals surface area contributed by atoms with Crippen molar-refractivity contribution < 1.29 is 17.9 Å². The molecule has 3 rings (SSSR count). The number of nitrogens with two attached hydrogens (primary N) is 1. The van der Waals surface area contributed by atoms with E-state index >= 15 is 0 Å². The van der Waals surface area contributed by atoms with Crippen LogP contribution in [-0.2, 0) is 13.2 Å². The molecule has 0 saturated carbocycles. The van der Waals surface area contributed by atoms with E-state index in [1.807, 2.05) is 0 Å². The molecule has 5 nitrogen and oxygen atoms in total. The van der Waals surface area contributed by atoms with Gasteiger partial charge in [0.15, 0.2) is 17.8 Å². The summed E-state index contributed by atoms with van der Waals surface area (Å²) in [5.41, 5.74) is 5.48. The fraction of sp³-hybridized carbons (Fsp3) is 0.222. The molecule has 0 radical (unpaired) electrons. The van der Waals surface area contributed by atoms with Gasteiger partial charge in [0.2, 0.25) is 0 Å². The Balaban J connectivity index is 1.94. The minimum Gasteiger partial charge on any atom is -0.482 e. The molecule has 27 heavy (non-hydrogen) atoms. The Labute approximate surface area is 162 Å². The Morgan fingerprint density at radius 2 is 1.85 bits per heavy atom. The van der Waals surface area contributed by atoms with E-state index in [1.54, 1.807) is 32.2 Å². The van der Waals surface area contributed by atoms with Gasteiger partial charge in [-0.1, -0.05) is 18.2 Å². The van der Waals surface area contributed by atoms with Crippen LogP contribution in [0, 0.1) is 0 Å². The standard InChI is InChI=1S/C18H16BrF3N4O/c1-10(27-15-8-7-11(23)9-14(15)19)16-24-25-17(26(16)2)12-5-3-4-6-13(12)18(20,21)22/h3-10H,23H2,1-2H3/t10-/m0/s1. The molecule has 1 atom stereocenters. The molecule has 0 aliphatic rings. The Bertz CT molecular complexity index is 971. The van der Waals surface area contributed by atoms with E-state index < -0.39 is 17.8 Å². The van der Waals surface area contributed by atoms with Crippen molar-refractivity contribution in [2.75, 3.05) is 5.73 Å². The molecule has 9 heteroatoms. The summed E-state index contributed by atoms with van der Waals surface area (Å²) in [6, 6.07) is 10.4. The second-order valence-electron chi connectivity index (χ2n) is 5.93. The summed E-state index contributed by atoms with van der Waals surface area (Å²) in [5, 5.41) is 8.00. The Hall–Kier alpha value is -2.55. The van der Waals surface area contributed by atoms with E-state index in [-0.39, 0.29) is 11.4 Å². The van der Waals surface area contributed by atoms with Crippen LogP contribution < -0.4 is 10.5 Å². The number of ether oxygens (including phenoxy) is 1. The molecular formula is C18H16BrF3N4O. The molecule has 0 spiro atoms. The highest BCUT2D eigenvalue weighted by molar-refractivity contribution is 9.10. The van der Waals surface area contributed by atoms with Crippen molar-refractivity contribution in [1.82, 2.24) is 14.8 Å². The van der Waals surface area contributed by atoms with Gasteiger partial charge in [0.1, 0.15) is 5.75 Å². The Kier molecular flexibility index (Phi) is 5.14. The zero-order valence-electron chi connectivity index (χ0n) is 14.5. The second-order valence-corrected chi connectivity index (χ2v) is 6.79. The number of hydrogen-bond donors (Lipinski definition) is 1. The Morgan fingerprint density at radius 3 is 2.52 bits per heavy atom. The van der Waals surface area contributed by atoms with Gasteiger partial charge in [-0.3, -0.25) is 0 Å². The third kappa shape index (κ3) is 3.92. The van der Waals surface area contributed by atoms with Crippen molar-refractivity contribution in [1.29, 1.82) is 0 Å². The van der Waals surface area contributed by atoms with Crippen molar-refractivity contribution in [3.05, 3.63) is 58.3 Å². The normalized spacial score (nSPS) is 12.8. The molecule has 0 saturated heterocycles. The quantitative estimate of drug-likeness (QED) is 0.580. The first kappa shape index (κ1) is 19.2. The van der Waals surface area contributed by atoms with Crippen LogP contribution >= 0.6 is 15.9 Å². The molecule has 0 bridgehead atoms. The average Bonchev–Trinajstić information content (AvgIpc) is 2.98. The van der Waals surface area contributed by atoms with E-state index in [9.17, 15) is 13.2 Å². The van der Waals surface area contributed by atoms with Gasteiger partial charge < -0.3 is 15.0 Å². The van der Waals surface area contributed by atoms with Gasteiger partial charge in [-0.25, -0.2) is 0 Å².